The topological polar surface area (TPSA) is 48.3 Å². The van der Waals surface area contributed by atoms with Crippen molar-refractivity contribution >= 4 is 39.7 Å². The minimum Gasteiger partial charge on any atom is -0.292 e. The lowest BCUT2D eigenvalue weighted by Gasteiger charge is -2.47. The van der Waals surface area contributed by atoms with Gasteiger partial charge >= 0.3 is 0 Å². The van der Waals surface area contributed by atoms with Crippen molar-refractivity contribution in [3.05, 3.63) is 96.1 Å². The number of carbonyl (C=O) groups excluding carboxylic acids is 1. The zero-order chi connectivity index (χ0) is 21.4. The second kappa shape index (κ2) is 7.71. The monoisotopic (exact) mass is 426 g/mol. The predicted molar refractivity (Wildman–Crippen MR) is 128 cm³/mol. The number of rotatable bonds is 4. The summed E-state index contributed by atoms with van der Waals surface area (Å²) >= 11 is 1.45. The van der Waals surface area contributed by atoms with E-state index in [0.29, 0.717) is 5.04 Å². The average Bonchev–Trinajstić information content (AvgIpc) is 3.22. The van der Waals surface area contributed by atoms with Gasteiger partial charge in [-0.25, -0.2) is 10.0 Å². The molecule has 5 rings (SSSR count). The number of anilines is 2. The third-order valence-corrected chi connectivity index (χ3v) is 6.86. The van der Waals surface area contributed by atoms with Gasteiger partial charge in [-0.15, -0.1) is 0 Å². The second-order valence-electron chi connectivity index (χ2n) is 7.41. The summed E-state index contributed by atoms with van der Waals surface area (Å²) in [6.07, 6.45) is 0.798. The van der Waals surface area contributed by atoms with Crippen LogP contribution in [-0.4, -0.2) is 16.5 Å². The van der Waals surface area contributed by atoms with Gasteiger partial charge in [0.25, 0.3) is 0 Å². The first-order valence-corrected chi connectivity index (χ1v) is 11.1. The van der Waals surface area contributed by atoms with E-state index in [1.807, 2.05) is 82.8 Å². The van der Waals surface area contributed by atoms with Crippen molar-refractivity contribution in [2.24, 2.45) is 10.2 Å². The molecule has 3 aromatic rings. The number of carbonyl (C=O) groups is 1. The molecular weight excluding hydrogens is 404 g/mol. The molecule has 31 heavy (non-hydrogen) atoms. The summed E-state index contributed by atoms with van der Waals surface area (Å²) in [6.45, 7) is 3.68. The number of hydrazone groups is 2. The maximum atomic E-state index is 12.5. The molecule has 0 aliphatic carbocycles. The molecule has 0 saturated heterocycles. The van der Waals surface area contributed by atoms with Crippen molar-refractivity contribution in [3.63, 3.8) is 0 Å². The lowest BCUT2D eigenvalue weighted by atomic mass is 9.96. The third kappa shape index (κ3) is 3.06. The van der Waals surface area contributed by atoms with E-state index in [2.05, 4.69) is 19.1 Å². The molecular formula is C25H22N4OS. The smallest absolute Gasteiger partial charge is 0.234 e. The van der Waals surface area contributed by atoms with Crippen molar-refractivity contribution in [2.45, 2.75) is 25.3 Å². The number of hydrogen-bond donors (Lipinski definition) is 0. The number of ketones is 1. The van der Waals surface area contributed by atoms with Crippen molar-refractivity contribution in [1.82, 2.24) is 0 Å². The molecule has 0 bridgehead atoms. The van der Waals surface area contributed by atoms with Crippen LogP contribution in [0.5, 0.6) is 0 Å². The third-order valence-electron chi connectivity index (χ3n) is 5.45. The van der Waals surface area contributed by atoms with E-state index in [-0.39, 0.29) is 5.78 Å². The summed E-state index contributed by atoms with van der Waals surface area (Å²) in [4.78, 5) is 11.6. The van der Waals surface area contributed by atoms with Gasteiger partial charge in [-0.05, 0) is 42.4 Å². The minimum atomic E-state index is -0.848. The van der Waals surface area contributed by atoms with Crippen LogP contribution in [0.3, 0.4) is 0 Å². The molecule has 0 amide bonds. The molecule has 1 atom stereocenters. The molecule has 5 nitrogen and oxygen atoms in total. The molecule has 2 aliphatic rings. The maximum absolute atomic E-state index is 12.5. The fraction of sp³-hybridized carbons (Fsp3) is 0.160. The first-order chi connectivity index (χ1) is 15.1. The van der Waals surface area contributed by atoms with Crippen LogP contribution in [0, 0.1) is 0 Å². The molecule has 0 unspecified atom stereocenters. The van der Waals surface area contributed by atoms with E-state index in [1.165, 1.54) is 11.8 Å². The first-order valence-electron chi connectivity index (χ1n) is 10.3. The number of thioether (sulfide) groups is 1. The second-order valence-corrected chi connectivity index (χ2v) is 8.57. The number of benzene rings is 3. The average molecular weight is 427 g/mol. The van der Waals surface area contributed by atoms with Crippen LogP contribution in [0.4, 0.5) is 11.4 Å². The van der Waals surface area contributed by atoms with Gasteiger partial charge in [0, 0.05) is 18.1 Å². The molecule has 0 N–H and O–H groups in total. The largest absolute Gasteiger partial charge is 0.292 e. The van der Waals surface area contributed by atoms with Crippen molar-refractivity contribution in [2.75, 3.05) is 10.0 Å². The Hall–Kier alpha value is -3.38. The van der Waals surface area contributed by atoms with Gasteiger partial charge in [0.2, 0.25) is 4.99 Å². The van der Waals surface area contributed by atoms with Crippen LogP contribution in [0.2, 0.25) is 0 Å². The number of fused-ring (bicyclic) bond motifs is 2. The summed E-state index contributed by atoms with van der Waals surface area (Å²) < 4.78 is 0. The Bertz CT molecular complexity index is 1190. The molecule has 0 fully saturated rings. The first kappa shape index (κ1) is 19.6. The van der Waals surface area contributed by atoms with Gasteiger partial charge in [-0.1, -0.05) is 67.6 Å². The van der Waals surface area contributed by atoms with Gasteiger partial charge < -0.3 is 0 Å². The van der Waals surface area contributed by atoms with E-state index >= 15 is 0 Å². The molecule has 1 spiro atoms. The lowest BCUT2D eigenvalue weighted by Crippen LogP contribution is -2.53. The van der Waals surface area contributed by atoms with Crippen molar-refractivity contribution in [1.29, 1.82) is 0 Å². The SMILES string of the molecule is CCC1=NN(c2ccccc2)[C@]2(SC(C(C)=O)=NN2c2ccccc2)c2ccccc21. The van der Waals surface area contributed by atoms with E-state index in [1.54, 1.807) is 6.92 Å². The molecule has 2 aliphatic heterocycles. The minimum absolute atomic E-state index is 0.0569. The Morgan fingerprint density at radius 1 is 0.839 bits per heavy atom. The zero-order valence-corrected chi connectivity index (χ0v) is 18.2. The van der Waals surface area contributed by atoms with Crippen LogP contribution < -0.4 is 10.0 Å². The van der Waals surface area contributed by atoms with Crippen LogP contribution in [0.15, 0.2) is 95.1 Å². The van der Waals surface area contributed by atoms with Gasteiger partial charge in [-0.3, -0.25) is 4.79 Å². The highest BCUT2D eigenvalue weighted by Gasteiger charge is 2.55. The Balaban J connectivity index is 1.82. The predicted octanol–water partition coefficient (Wildman–Crippen LogP) is 5.59. The summed E-state index contributed by atoms with van der Waals surface area (Å²) in [5.74, 6) is -0.0569. The van der Waals surface area contributed by atoms with Crippen LogP contribution in [-0.2, 0) is 9.79 Å². The summed E-state index contributed by atoms with van der Waals surface area (Å²) in [5, 5.41) is 14.4. The molecule has 0 saturated carbocycles. The maximum Gasteiger partial charge on any atom is 0.234 e. The van der Waals surface area contributed by atoms with E-state index < -0.39 is 4.99 Å². The van der Waals surface area contributed by atoms with Crippen molar-refractivity contribution in [3.8, 4) is 0 Å². The van der Waals surface area contributed by atoms with Crippen LogP contribution in [0.1, 0.15) is 31.4 Å². The summed E-state index contributed by atoms with van der Waals surface area (Å²) in [7, 11) is 0. The molecule has 0 aromatic heterocycles. The quantitative estimate of drug-likeness (QED) is 0.546. The Labute approximate surface area is 186 Å². The Morgan fingerprint density at radius 2 is 1.39 bits per heavy atom. The normalized spacial score (nSPS) is 19.8. The molecule has 154 valence electrons. The molecule has 6 heteroatoms. The van der Waals surface area contributed by atoms with Gasteiger partial charge in [0.05, 0.1) is 17.1 Å². The van der Waals surface area contributed by atoms with Crippen LogP contribution >= 0.6 is 11.8 Å². The highest BCUT2D eigenvalue weighted by Crippen LogP contribution is 2.54. The standard InChI is InChI=1S/C25H22N4OS/c1-3-23-21-16-10-11-17-22(21)25(28(26-23)19-12-6-4-7-13-19)29(20-14-8-5-9-15-20)27-24(31-25)18(2)30/h4-17H,3H2,1-2H3/t25-/m1/s1. The Morgan fingerprint density at radius 3 is 1.97 bits per heavy atom. The number of para-hydroxylation sites is 2. The Kier molecular flexibility index (Phi) is 4.87. The molecule has 0 radical (unpaired) electrons. The van der Waals surface area contributed by atoms with Gasteiger partial charge in [-0.2, -0.15) is 10.2 Å². The molecule has 3 aromatic carbocycles. The zero-order valence-electron chi connectivity index (χ0n) is 17.4. The number of Topliss-reactive ketones (excluding diaryl/α,β-unsaturated/α-hetero) is 1. The molecule has 2 heterocycles. The van der Waals surface area contributed by atoms with Crippen LogP contribution in [0.25, 0.3) is 0 Å². The van der Waals surface area contributed by atoms with E-state index in [0.717, 1.165) is 34.6 Å². The lowest BCUT2D eigenvalue weighted by molar-refractivity contribution is -0.110. The van der Waals surface area contributed by atoms with Gasteiger partial charge in [0.1, 0.15) is 0 Å². The number of hydrogen-bond acceptors (Lipinski definition) is 6. The summed E-state index contributed by atoms with van der Waals surface area (Å²) in [6, 6.07) is 28.4. The highest BCUT2D eigenvalue weighted by atomic mass is 32.2. The van der Waals surface area contributed by atoms with Gasteiger partial charge in [0.15, 0.2) is 10.8 Å². The fourth-order valence-corrected chi connectivity index (χ4v) is 5.33. The fourth-order valence-electron chi connectivity index (χ4n) is 4.04. The van der Waals surface area contributed by atoms with E-state index in [4.69, 9.17) is 10.2 Å². The summed E-state index contributed by atoms with van der Waals surface area (Å²) in [5.41, 5.74) is 5.01. The van der Waals surface area contributed by atoms with Crippen molar-refractivity contribution < 1.29 is 4.79 Å². The number of nitrogens with zero attached hydrogens (tertiary/aromatic N) is 4. The van der Waals surface area contributed by atoms with E-state index in [9.17, 15) is 4.79 Å². The highest BCUT2D eigenvalue weighted by molar-refractivity contribution is 8.17.